The first-order valence-corrected chi connectivity index (χ1v) is 8.09. The number of nitrogens with one attached hydrogen (secondary N) is 1. The molecule has 1 aromatic carbocycles. The highest BCUT2D eigenvalue weighted by molar-refractivity contribution is 5.78. The molecule has 1 heterocycles. The molecule has 2 rings (SSSR count). The van der Waals surface area contributed by atoms with E-state index in [0.717, 1.165) is 24.9 Å². The number of carbonyl (C=O) groups excluding carboxylic acids is 1. The van der Waals surface area contributed by atoms with E-state index in [-0.39, 0.29) is 11.7 Å². The van der Waals surface area contributed by atoms with Crippen LogP contribution in [0.2, 0.25) is 0 Å². The minimum absolute atomic E-state index is 0.0383. The van der Waals surface area contributed by atoms with Crippen molar-refractivity contribution >= 4 is 5.91 Å². The Morgan fingerprint density at radius 3 is 2.74 bits per heavy atom. The average Bonchev–Trinajstić information content (AvgIpc) is 2.51. The molecule has 1 fully saturated rings. The van der Waals surface area contributed by atoms with Gasteiger partial charge in [0.1, 0.15) is 5.75 Å². The fourth-order valence-corrected chi connectivity index (χ4v) is 2.82. The van der Waals surface area contributed by atoms with Gasteiger partial charge in [-0.3, -0.25) is 9.69 Å². The molecule has 0 radical (unpaired) electrons. The van der Waals surface area contributed by atoms with Gasteiger partial charge in [-0.15, -0.1) is 0 Å². The Bertz CT molecular complexity index is 494. The first-order valence-electron chi connectivity index (χ1n) is 8.09. The third-order valence-corrected chi connectivity index (χ3v) is 4.17. The van der Waals surface area contributed by atoms with E-state index in [1.165, 1.54) is 18.6 Å². The molecule has 1 N–H and O–H groups in total. The minimum Gasteiger partial charge on any atom is -0.435 e. The Balaban J connectivity index is 1.68. The van der Waals surface area contributed by atoms with Crippen LogP contribution in [-0.2, 0) is 11.2 Å². The highest BCUT2D eigenvalue weighted by atomic mass is 19.3. The highest BCUT2D eigenvalue weighted by Crippen LogP contribution is 2.16. The van der Waals surface area contributed by atoms with Crippen LogP contribution < -0.4 is 10.1 Å². The molecule has 4 nitrogen and oxygen atoms in total. The zero-order valence-electron chi connectivity index (χ0n) is 13.4. The predicted molar refractivity (Wildman–Crippen MR) is 84.7 cm³/mol. The van der Waals surface area contributed by atoms with Crippen LogP contribution in [0.1, 0.15) is 31.7 Å². The first-order chi connectivity index (χ1) is 11.0. The summed E-state index contributed by atoms with van der Waals surface area (Å²) in [5, 5.41) is 2.91. The number of alkyl halides is 2. The Hall–Kier alpha value is -1.69. The van der Waals surface area contributed by atoms with Crippen molar-refractivity contribution in [2.45, 2.75) is 45.3 Å². The summed E-state index contributed by atoms with van der Waals surface area (Å²) in [7, 11) is 0. The summed E-state index contributed by atoms with van der Waals surface area (Å²) in [5.41, 5.74) is 0.971. The highest BCUT2D eigenvalue weighted by Gasteiger charge is 2.20. The molecule has 6 heteroatoms. The van der Waals surface area contributed by atoms with Crippen LogP contribution in [0.25, 0.3) is 0 Å². The molecule has 0 spiro atoms. The van der Waals surface area contributed by atoms with Crippen LogP contribution in [0, 0.1) is 0 Å². The second-order valence-corrected chi connectivity index (χ2v) is 5.94. The fourth-order valence-electron chi connectivity index (χ4n) is 2.82. The SMILES string of the molecule is CC1CCCCN1CC(=O)NCCc1ccc(OC(F)F)cc1. The van der Waals surface area contributed by atoms with Crippen molar-refractivity contribution in [1.29, 1.82) is 0 Å². The second-order valence-electron chi connectivity index (χ2n) is 5.94. The summed E-state index contributed by atoms with van der Waals surface area (Å²) in [6.07, 6.45) is 4.21. The van der Waals surface area contributed by atoms with E-state index >= 15 is 0 Å². The third kappa shape index (κ3) is 6.14. The Kier molecular flexibility index (Phi) is 6.77. The van der Waals surface area contributed by atoms with E-state index in [1.54, 1.807) is 12.1 Å². The maximum atomic E-state index is 12.1. The van der Waals surface area contributed by atoms with Gasteiger partial charge in [-0.1, -0.05) is 18.6 Å². The van der Waals surface area contributed by atoms with Crippen molar-refractivity contribution in [3.8, 4) is 5.75 Å². The number of likely N-dealkylation sites (tertiary alicyclic amines) is 1. The monoisotopic (exact) mass is 326 g/mol. The molecule has 0 aromatic heterocycles. The predicted octanol–water partition coefficient (Wildman–Crippen LogP) is 2.82. The van der Waals surface area contributed by atoms with Gasteiger partial charge in [0, 0.05) is 12.6 Å². The summed E-state index contributed by atoms with van der Waals surface area (Å²) < 4.78 is 28.4. The molecule has 0 saturated carbocycles. The number of halogens is 2. The molecule has 1 amide bonds. The number of ether oxygens (including phenoxy) is 1. The summed E-state index contributed by atoms with van der Waals surface area (Å²) in [4.78, 5) is 14.2. The van der Waals surface area contributed by atoms with Crippen molar-refractivity contribution in [2.24, 2.45) is 0 Å². The Labute approximate surface area is 135 Å². The lowest BCUT2D eigenvalue weighted by atomic mass is 10.0. The number of hydrogen-bond donors (Lipinski definition) is 1. The van der Waals surface area contributed by atoms with E-state index in [0.29, 0.717) is 25.6 Å². The van der Waals surface area contributed by atoms with Crippen LogP contribution in [0.5, 0.6) is 5.75 Å². The number of amides is 1. The van der Waals surface area contributed by atoms with Crippen molar-refractivity contribution in [2.75, 3.05) is 19.6 Å². The summed E-state index contributed by atoms with van der Waals surface area (Å²) >= 11 is 0. The lowest BCUT2D eigenvalue weighted by molar-refractivity contribution is -0.123. The van der Waals surface area contributed by atoms with Crippen molar-refractivity contribution in [3.63, 3.8) is 0 Å². The molecular weight excluding hydrogens is 302 g/mol. The van der Waals surface area contributed by atoms with Gasteiger partial charge >= 0.3 is 6.61 Å². The second kappa shape index (κ2) is 8.82. The number of hydrogen-bond acceptors (Lipinski definition) is 3. The average molecular weight is 326 g/mol. The topological polar surface area (TPSA) is 41.6 Å². The molecule has 1 atom stereocenters. The standard InChI is InChI=1S/C17H24F2N2O2/c1-13-4-2-3-11-21(13)12-16(22)20-10-9-14-5-7-15(8-6-14)23-17(18)19/h5-8,13,17H,2-4,9-12H2,1H3,(H,20,22). The van der Waals surface area contributed by atoms with Crippen molar-refractivity contribution < 1.29 is 18.3 Å². The quantitative estimate of drug-likeness (QED) is 0.838. The van der Waals surface area contributed by atoms with Crippen LogP contribution in [-0.4, -0.2) is 43.1 Å². The molecular formula is C17H24F2N2O2. The number of benzene rings is 1. The van der Waals surface area contributed by atoms with Crippen LogP contribution in [0.15, 0.2) is 24.3 Å². The van der Waals surface area contributed by atoms with Crippen LogP contribution in [0.4, 0.5) is 8.78 Å². The third-order valence-electron chi connectivity index (χ3n) is 4.17. The maximum Gasteiger partial charge on any atom is 0.387 e. The van der Waals surface area contributed by atoms with Gasteiger partial charge in [0.2, 0.25) is 5.91 Å². The zero-order valence-corrected chi connectivity index (χ0v) is 13.4. The number of piperidine rings is 1. The summed E-state index contributed by atoms with van der Waals surface area (Å²) in [6, 6.07) is 6.96. The minimum atomic E-state index is -2.81. The lowest BCUT2D eigenvalue weighted by Crippen LogP contribution is -2.44. The van der Waals surface area contributed by atoms with E-state index in [4.69, 9.17) is 0 Å². The van der Waals surface area contributed by atoms with Gasteiger partial charge in [-0.25, -0.2) is 0 Å². The smallest absolute Gasteiger partial charge is 0.387 e. The molecule has 1 aliphatic heterocycles. The Morgan fingerprint density at radius 2 is 2.09 bits per heavy atom. The van der Waals surface area contributed by atoms with E-state index in [2.05, 4.69) is 21.9 Å². The number of nitrogens with zero attached hydrogens (tertiary/aromatic N) is 1. The van der Waals surface area contributed by atoms with Gasteiger partial charge in [0.15, 0.2) is 0 Å². The van der Waals surface area contributed by atoms with Gasteiger partial charge in [0.25, 0.3) is 0 Å². The van der Waals surface area contributed by atoms with Gasteiger partial charge < -0.3 is 10.1 Å². The molecule has 0 bridgehead atoms. The maximum absolute atomic E-state index is 12.1. The largest absolute Gasteiger partial charge is 0.435 e. The molecule has 0 aliphatic carbocycles. The molecule has 1 unspecified atom stereocenters. The first kappa shape index (κ1) is 17.7. The fraction of sp³-hybridized carbons (Fsp3) is 0.588. The molecule has 1 saturated heterocycles. The van der Waals surface area contributed by atoms with E-state index < -0.39 is 6.61 Å². The van der Waals surface area contributed by atoms with Crippen molar-refractivity contribution in [3.05, 3.63) is 29.8 Å². The number of rotatable bonds is 7. The van der Waals surface area contributed by atoms with E-state index in [9.17, 15) is 13.6 Å². The number of carbonyl (C=O) groups is 1. The molecule has 23 heavy (non-hydrogen) atoms. The van der Waals surface area contributed by atoms with Gasteiger partial charge in [0.05, 0.1) is 6.54 Å². The molecule has 128 valence electrons. The normalized spacial score (nSPS) is 18.9. The van der Waals surface area contributed by atoms with Crippen LogP contribution >= 0.6 is 0 Å². The summed E-state index contributed by atoms with van der Waals surface area (Å²) in [6.45, 7) is 1.32. The van der Waals surface area contributed by atoms with Crippen LogP contribution in [0.3, 0.4) is 0 Å². The molecule has 1 aromatic rings. The molecule has 1 aliphatic rings. The lowest BCUT2D eigenvalue weighted by Gasteiger charge is -2.32. The zero-order chi connectivity index (χ0) is 16.7. The van der Waals surface area contributed by atoms with Gasteiger partial charge in [-0.05, 0) is 50.4 Å². The Morgan fingerprint density at radius 1 is 1.35 bits per heavy atom. The van der Waals surface area contributed by atoms with E-state index in [1.807, 2.05) is 0 Å². The van der Waals surface area contributed by atoms with Gasteiger partial charge in [-0.2, -0.15) is 8.78 Å². The van der Waals surface area contributed by atoms with Crippen molar-refractivity contribution in [1.82, 2.24) is 10.2 Å². The summed E-state index contributed by atoms with van der Waals surface area (Å²) in [5.74, 6) is 0.184.